The van der Waals surface area contributed by atoms with Crippen LogP contribution in [0, 0.1) is 6.92 Å². The third-order valence-corrected chi connectivity index (χ3v) is 5.11. The molecule has 2 N–H and O–H groups in total. The SMILES string of the molecule is Cc1cc(=O)[nH]c(C2CN(Cc3cn[nH]c3-c3cccs3)CCO2)n1. The lowest BCUT2D eigenvalue weighted by atomic mass is 10.1. The molecule has 25 heavy (non-hydrogen) atoms. The van der Waals surface area contributed by atoms with Gasteiger partial charge in [0.15, 0.2) is 0 Å². The number of ether oxygens (including phenoxy) is 1. The van der Waals surface area contributed by atoms with Gasteiger partial charge in [0.1, 0.15) is 11.9 Å². The summed E-state index contributed by atoms with van der Waals surface area (Å²) in [5.74, 6) is 0.598. The standard InChI is InChI=1S/C17H19N5O2S/c1-11-7-15(23)20-17(19-11)13-10-22(4-5-24-13)9-12-8-18-21-16(12)14-3-2-6-25-14/h2-3,6-8,13H,4-5,9-10H2,1H3,(H,18,21)(H,19,20,23). The van der Waals surface area contributed by atoms with E-state index in [1.807, 2.05) is 19.2 Å². The van der Waals surface area contributed by atoms with Crippen molar-refractivity contribution in [2.24, 2.45) is 0 Å². The number of aromatic nitrogens is 4. The molecule has 4 heterocycles. The van der Waals surface area contributed by atoms with Crippen LogP contribution in [0.1, 0.15) is 23.2 Å². The second-order valence-corrected chi connectivity index (χ2v) is 7.06. The fourth-order valence-electron chi connectivity index (χ4n) is 3.07. The number of hydrogen-bond acceptors (Lipinski definition) is 6. The molecule has 8 heteroatoms. The van der Waals surface area contributed by atoms with Crippen LogP contribution in [-0.2, 0) is 11.3 Å². The molecule has 0 amide bonds. The second kappa shape index (κ2) is 6.91. The van der Waals surface area contributed by atoms with Crippen molar-refractivity contribution in [1.29, 1.82) is 0 Å². The highest BCUT2D eigenvalue weighted by Crippen LogP contribution is 2.28. The number of aromatic amines is 2. The van der Waals surface area contributed by atoms with E-state index in [0.717, 1.165) is 24.3 Å². The van der Waals surface area contributed by atoms with Crippen LogP contribution in [0.25, 0.3) is 10.6 Å². The molecule has 0 bridgehead atoms. The first kappa shape index (κ1) is 16.2. The smallest absolute Gasteiger partial charge is 0.251 e. The van der Waals surface area contributed by atoms with Gasteiger partial charge in [0.25, 0.3) is 5.56 Å². The van der Waals surface area contributed by atoms with Crippen molar-refractivity contribution in [2.45, 2.75) is 19.6 Å². The molecule has 3 aromatic rings. The lowest BCUT2D eigenvalue weighted by molar-refractivity contribution is -0.0373. The Labute approximate surface area is 148 Å². The largest absolute Gasteiger partial charge is 0.368 e. The minimum atomic E-state index is -0.224. The minimum Gasteiger partial charge on any atom is -0.368 e. The number of nitrogens with zero attached hydrogens (tertiary/aromatic N) is 3. The number of nitrogens with one attached hydrogen (secondary N) is 2. The van der Waals surface area contributed by atoms with E-state index in [-0.39, 0.29) is 11.7 Å². The summed E-state index contributed by atoms with van der Waals surface area (Å²) in [7, 11) is 0. The maximum absolute atomic E-state index is 11.7. The van der Waals surface area contributed by atoms with Gasteiger partial charge in [-0.25, -0.2) is 4.98 Å². The van der Waals surface area contributed by atoms with Crippen LogP contribution in [0.3, 0.4) is 0 Å². The van der Waals surface area contributed by atoms with Gasteiger partial charge >= 0.3 is 0 Å². The molecule has 1 unspecified atom stereocenters. The van der Waals surface area contributed by atoms with Gasteiger partial charge in [-0.3, -0.25) is 14.8 Å². The zero-order valence-electron chi connectivity index (χ0n) is 13.9. The summed E-state index contributed by atoms with van der Waals surface area (Å²) in [5.41, 5.74) is 2.79. The highest BCUT2D eigenvalue weighted by atomic mass is 32.1. The van der Waals surface area contributed by atoms with Crippen LogP contribution in [-0.4, -0.2) is 44.8 Å². The summed E-state index contributed by atoms with van der Waals surface area (Å²) < 4.78 is 5.83. The van der Waals surface area contributed by atoms with Gasteiger partial charge in [0, 0.05) is 37.0 Å². The van der Waals surface area contributed by atoms with E-state index in [1.165, 1.54) is 10.9 Å². The first-order chi connectivity index (χ1) is 12.2. The van der Waals surface area contributed by atoms with E-state index in [1.54, 1.807) is 11.3 Å². The molecule has 130 valence electrons. The van der Waals surface area contributed by atoms with Crippen LogP contribution in [0.5, 0.6) is 0 Å². The predicted octanol–water partition coefficient (Wildman–Crippen LogP) is 2.10. The fraction of sp³-hybridized carbons (Fsp3) is 0.353. The molecule has 0 saturated carbocycles. The number of hydrogen-bond donors (Lipinski definition) is 2. The number of morpholine rings is 1. The van der Waals surface area contributed by atoms with Gasteiger partial charge in [-0.15, -0.1) is 11.3 Å². The lowest BCUT2D eigenvalue weighted by Crippen LogP contribution is -2.39. The molecule has 4 rings (SSSR count). The van der Waals surface area contributed by atoms with Gasteiger partial charge in [0.2, 0.25) is 0 Å². The normalized spacial score (nSPS) is 18.5. The van der Waals surface area contributed by atoms with Gasteiger partial charge in [-0.1, -0.05) is 6.07 Å². The third kappa shape index (κ3) is 3.55. The Kier molecular flexibility index (Phi) is 4.48. The molecule has 1 atom stereocenters. The van der Waals surface area contributed by atoms with E-state index in [9.17, 15) is 4.79 Å². The summed E-state index contributed by atoms with van der Waals surface area (Å²) in [4.78, 5) is 22.4. The summed E-state index contributed by atoms with van der Waals surface area (Å²) in [6.45, 7) is 4.72. The molecule has 0 aromatic carbocycles. The summed E-state index contributed by atoms with van der Waals surface area (Å²) in [6, 6.07) is 5.61. The topological polar surface area (TPSA) is 86.9 Å². The fourth-order valence-corrected chi connectivity index (χ4v) is 3.83. The molecule has 1 aliphatic rings. The molecule has 3 aromatic heterocycles. The molecule has 1 fully saturated rings. The quantitative estimate of drug-likeness (QED) is 0.747. The average molecular weight is 357 g/mol. The van der Waals surface area contributed by atoms with Crippen LogP contribution < -0.4 is 5.56 Å². The third-order valence-electron chi connectivity index (χ3n) is 4.22. The summed E-state index contributed by atoms with van der Waals surface area (Å²) in [5, 5.41) is 9.37. The van der Waals surface area contributed by atoms with Gasteiger partial charge < -0.3 is 9.72 Å². The first-order valence-corrected chi connectivity index (χ1v) is 9.05. The number of aryl methyl sites for hydroxylation is 1. The van der Waals surface area contributed by atoms with E-state index in [0.29, 0.717) is 24.7 Å². The highest BCUT2D eigenvalue weighted by molar-refractivity contribution is 7.13. The van der Waals surface area contributed by atoms with Crippen molar-refractivity contribution in [1.82, 2.24) is 25.1 Å². The Morgan fingerprint density at radius 3 is 3.20 bits per heavy atom. The number of H-pyrrole nitrogens is 2. The van der Waals surface area contributed by atoms with Crippen molar-refractivity contribution < 1.29 is 4.74 Å². The number of rotatable bonds is 4. The van der Waals surface area contributed by atoms with Crippen molar-refractivity contribution >= 4 is 11.3 Å². The summed E-state index contributed by atoms with van der Waals surface area (Å²) in [6.07, 6.45) is 1.66. The van der Waals surface area contributed by atoms with Crippen LogP contribution in [0.15, 0.2) is 34.6 Å². The van der Waals surface area contributed by atoms with Crippen LogP contribution in [0.4, 0.5) is 0 Å². The average Bonchev–Trinajstić information content (AvgIpc) is 3.25. The van der Waals surface area contributed by atoms with E-state index < -0.39 is 0 Å². The molecule has 7 nitrogen and oxygen atoms in total. The summed E-state index contributed by atoms with van der Waals surface area (Å²) >= 11 is 1.69. The predicted molar refractivity (Wildman–Crippen MR) is 95.5 cm³/mol. The molecular weight excluding hydrogens is 338 g/mol. The van der Waals surface area contributed by atoms with Gasteiger partial charge in [0.05, 0.1) is 23.4 Å². The van der Waals surface area contributed by atoms with E-state index in [2.05, 4.69) is 36.5 Å². The Balaban J connectivity index is 1.51. The Bertz CT molecular complexity index is 902. The molecular formula is C17H19N5O2S. The van der Waals surface area contributed by atoms with Crippen LogP contribution >= 0.6 is 11.3 Å². The van der Waals surface area contributed by atoms with Crippen LogP contribution in [0.2, 0.25) is 0 Å². The zero-order chi connectivity index (χ0) is 17.2. The molecule has 0 spiro atoms. The maximum atomic E-state index is 11.7. The van der Waals surface area contributed by atoms with Gasteiger partial charge in [-0.2, -0.15) is 5.10 Å². The lowest BCUT2D eigenvalue weighted by Gasteiger charge is -2.32. The molecule has 1 saturated heterocycles. The molecule has 1 aliphatic heterocycles. The van der Waals surface area contributed by atoms with Crippen molar-refractivity contribution in [3.63, 3.8) is 0 Å². The monoisotopic (exact) mass is 357 g/mol. The van der Waals surface area contributed by atoms with E-state index >= 15 is 0 Å². The Morgan fingerprint density at radius 2 is 2.40 bits per heavy atom. The Hall–Kier alpha value is -2.29. The molecule has 0 aliphatic carbocycles. The molecule has 0 radical (unpaired) electrons. The first-order valence-electron chi connectivity index (χ1n) is 8.17. The number of thiophene rings is 1. The zero-order valence-corrected chi connectivity index (χ0v) is 14.7. The maximum Gasteiger partial charge on any atom is 0.251 e. The van der Waals surface area contributed by atoms with E-state index in [4.69, 9.17) is 4.74 Å². The van der Waals surface area contributed by atoms with Crippen molar-refractivity contribution in [3.05, 3.63) is 57.2 Å². The highest BCUT2D eigenvalue weighted by Gasteiger charge is 2.25. The van der Waals surface area contributed by atoms with Crippen molar-refractivity contribution in [2.75, 3.05) is 19.7 Å². The Morgan fingerprint density at radius 1 is 1.48 bits per heavy atom. The second-order valence-electron chi connectivity index (χ2n) is 6.11. The minimum absolute atomic E-state index is 0.141. The van der Waals surface area contributed by atoms with Crippen molar-refractivity contribution in [3.8, 4) is 10.6 Å². The van der Waals surface area contributed by atoms with Gasteiger partial charge in [-0.05, 0) is 18.4 Å².